The molecule has 0 radical (unpaired) electrons. The minimum absolute atomic E-state index is 0.200. The molecule has 2 saturated heterocycles. The summed E-state index contributed by atoms with van der Waals surface area (Å²) in [6.07, 6.45) is 5.86. The van der Waals surface area contributed by atoms with Crippen molar-refractivity contribution in [3.8, 4) is 0 Å². The predicted octanol–water partition coefficient (Wildman–Crippen LogP) is 0.852. The van der Waals surface area contributed by atoms with Crippen LogP contribution in [0.3, 0.4) is 0 Å². The minimum atomic E-state index is -0.444. The molecule has 2 aliphatic heterocycles. The summed E-state index contributed by atoms with van der Waals surface area (Å²) in [5.41, 5.74) is 5.72. The average Bonchev–Trinajstić information content (AvgIpc) is 3.23. The van der Waals surface area contributed by atoms with Gasteiger partial charge in [-0.3, -0.25) is 9.69 Å². The van der Waals surface area contributed by atoms with Crippen molar-refractivity contribution >= 4 is 11.7 Å². The summed E-state index contributed by atoms with van der Waals surface area (Å²) in [4.78, 5) is 20.4. The second-order valence-electron chi connectivity index (χ2n) is 7.54. The van der Waals surface area contributed by atoms with Gasteiger partial charge in [0.2, 0.25) is 5.91 Å². The number of pyridine rings is 1. The van der Waals surface area contributed by atoms with E-state index in [2.05, 4.69) is 14.8 Å². The normalized spacial score (nSPS) is 33.6. The van der Waals surface area contributed by atoms with E-state index in [0.29, 0.717) is 23.4 Å². The number of nitrogens with two attached hydrogens (primary N) is 1. The summed E-state index contributed by atoms with van der Waals surface area (Å²) in [7, 11) is 0. The van der Waals surface area contributed by atoms with Gasteiger partial charge in [-0.05, 0) is 62.7 Å². The Morgan fingerprint density at radius 1 is 1.17 bits per heavy atom. The average molecular weight is 330 g/mol. The number of aromatic nitrogens is 1. The summed E-state index contributed by atoms with van der Waals surface area (Å²) in [5, 5.41) is 10.6. The van der Waals surface area contributed by atoms with Gasteiger partial charge in [0, 0.05) is 25.3 Å². The maximum atomic E-state index is 11.2. The summed E-state index contributed by atoms with van der Waals surface area (Å²) in [6.45, 7) is 4.21. The number of carbonyl (C=O) groups excluding carboxylic acids is 1. The van der Waals surface area contributed by atoms with Crippen molar-refractivity contribution in [3.63, 3.8) is 0 Å². The molecule has 3 fully saturated rings. The van der Waals surface area contributed by atoms with Crippen LogP contribution in [0.2, 0.25) is 0 Å². The second-order valence-corrected chi connectivity index (χ2v) is 7.54. The van der Waals surface area contributed by atoms with Gasteiger partial charge in [0.05, 0.1) is 11.7 Å². The van der Waals surface area contributed by atoms with E-state index in [1.54, 1.807) is 12.3 Å². The van der Waals surface area contributed by atoms with Crippen molar-refractivity contribution in [2.45, 2.75) is 37.8 Å². The van der Waals surface area contributed by atoms with Gasteiger partial charge in [0.1, 0.15) is 5.82 Å². The topological polar surface area (TPSA) is 82.7 Å². The zero-order valence-corrected chi connectivity index (χ0v) is 14.0. The number of carbonyl (C=O) groups is 1. The van der Waals surface area contributed by atoms with E-state index >= 15 is 0 Å². The van der Waals surface area contributed by atoms with E-state index in [1.807, 2.05) is 6.07 Å². The van der Waals surface area contributed by atoms with Crippen molar-refractivity contribution in [3.05, 3.63) is 23.9 Å². The Hall–Kier alpha value is -1.66. The van der Waals surface area contributed by atoms with E-state index in [1.165, 1.54) is 12.8 Å². The van der Waals surface area contributed by atoms with Crippen molar-refractivity contribution in [2.24, 2.45) is 17.6 Å². The Morgan fingerprint density at radius 2 is 1.88 bits per heavy atom. The van der Waals surface area contributed by atoms with E-state index in [4.69, 9.17) is 5.73 Å². The van der Waals surface area contributed by atoms with Gasteiger partial charge in [-0.2, -0.15) is 0 Å². The predicted molar refractivity (Wildman–Crippen MR) is 91.8 cm³/mol. The van der Waals surface area contributed by atoms with Crippen LogP contribution in [0.1, 0.15) is 36.0 Å². The van der Waals surface area contributed by atoms with E-state index < -0.39 is 5.91 Å². The SMILES string of the molecule is NC(=O)c1ccc(N2C[C@H]3C[C@@H](N4CCCC4)[C@H](O)C[C@H]3C2)nc1. The quantitative estimate of drug-likeness (QED) is 0.859. The Bertz CT molecular complexity index is 600. The van der Waals surface area contributed by atoms with Crippen LogP contribution in [0, 0.1) is 11.8 Å². The van der Waals surface area contributed by atoms with Crippen LogP contribution >= 0.6 is 0 Å². The lowest BCUT2D eigenvalue weighted by atomic mass is 9.77. The van der Waals surface area contributed by atoms with Gasteiger partial charge in [-0.1, -0.05) is 0 Å². The molecule has 4 rings (SSSR count). The van der Waals surface area contributed by atoms with Gasteiger partial charge in [-0.25, -0.2) is 4.98 Å². The molecule has 6 nitrogen and oxygen atoms in total. The highest BCUT2D eigenvalue weighted by Gasteiger charge is 2.44. The highest BCUT2D eigenvalue weighted by Crippen LogP contribution is 2.40. The van der Waals surface area contributed by atoms with E-state index in [0.717, 1.165) is 44.8 Å². The number of aliphatic hydroxyl groups is 1. The summed E-state index contributed by atoms with van der Waals surface area (Å²) >= 11 is 0. The lowest BCUT2D eigenvalue weighted by Gasteiger charge is -2.40. The van der Waals surface area contributed by atoms with Crippen molar-refractivity contribution < 1.29 is 9.90 Å². The third kappa shape index (κ3) is 2.89. The number of anilines is 1. The van der Waals surface area contributed by atoms with Crippen molar-refractivity contribution in [2.75, 3.05) is 31.1 Å². The fourth-order valence-corrected chi connectivity index (χ4v) is 4.78. The first-order chi connectivity index (χ1) is 11.6. The minimum Gasteiger partial charge on any atom is -0.391 e. The molecule has 130 valence electrons. The molecule has 3 heterocycles. The Balaban J connectivity index is 1.44. The molecule has 0 bridgehead atoms. The Kier molecular flexibility index (Phi) is 4.18. The number of nitrogens with zero attached hydrogens (tertiary/aromatic N) is 3. The molecular weight excluding hydrogens is 304 g/mol. The number of rotatable bonds is 3. The molecular formula is C18H26N4O2. The molecule has 1 aliphatic carbocycles. The van der Waals surface area contributed by atoms with Gasteiger partial charge in [-0.15, -0.1) is 0 Å². The number of fused-ring (bicyclic) bond motifs is 1. The highest BCUT2D eigenvalue weighted by molar-refractivity contribution is 5.92. The molecule has 1 aromatic rings. The molecule has 24 heavy (non-hydrogen) atoms. The standard InChI is InChI=1S/C18H26N4O2/c19-18(24)12-3-4-17(20-9-12)22-10-13-7-15(21-5-1-2-6-21)16(23)8-14(13)11-22/h3-4,9,13-16,23H,1-2,5-8,10-11H2,(H2,19,24)/t13-,14+,15-,16-/m1/s1. The molecule has 1 amide bonds. The number of primary amides is 1. The lowest BCUT2D eigenvalue weighted by Crippen LogP contribution is -2.48. The molecule has 0 unspecified atom stereocenters. The van der Waals surface area contributed by atoms with E-state index in [-0.39, 0.29) is 6.10 Å². The van der Waals surface area contributed by atoms with Crippen LogP contribution in [-0.2, 0) is 0 Å². The molecule has 1 aromatic heterocycles. The number of likely N-dealkylation sites (tertiary alicyclic amines) is 1. The van der Waals surface area contributed by atoms with Gasteiger partial charge >= 0.3 is 0 Å². The number of hydrogen-bond acceptors (Lipinski definition) is 5. The monoisotopic (exact) mass is 330 g/mol. The Labute approximate surface area is 142 Å². The molecule has 0 spiro atoms. The van der Waals surface area contributed by atoms with Crippen LogP contribution in [0.4, 0.5) is 5.82 Å². The first-order valence-corrected chi connectivity index (χ1v) is 9.05. The van der Waals surface area contributed by atoms with Crippen molar-refractivity contribution in [1.29, 1.82) is 0 Å². The molecule has 4 atom stereocenters. The molecule has 0 aromatic carbocycles. The first-order valence-electron chi connectivity index (χ1n) is 9.05. The molecule has 1 saturated carbocycles. The smallest absolute Gasteiger partial charge is 0.250 e. The molecule has 3 aliphatic rings. The number of amides is 1. The van der Waals surface area contributed by atoms with Gasteiger partial charge in [0.25, 0.3) is 0 Å². The fourth-order valence-electron chi connectivity index (χ4n) is 4.78. The number of aliphatic hydroxyl groups excluding tert-OH is 1. The van der Waals surface area contributed by atoms with Gasteiger partial charge < -0.3 is 15.7 Å². The zero-order chi connectivity index (χ0) is 16.7. The van der Waals surface area contributed by atoms with Crippen LogP contribution in [-0.4, -0.2) is 59.2 Å². The third-order valence-corrected chi connectivity index (χ3v) is 6.08. The van der Waals surface area contributed by atoms with E-state index in [9.17, 15) is 9.90 Å². The summed E-state index contributed by atoms with van der Waals surface area (Å²) in [6, 6.07) is 3.96. The number of hydrogen-bond donors (Lipinski definition) is 2. The maximum Gasteiger partial charge on any atom is 0.250 e. The highest BCUT2D eigenvalue weighted by atomic mass is 16.3. The lowest BCUT2D eigenvalue weighted by molar-refractivity contribution is -0.000855. The second kappa shape index (κ2) is 6.33. The molecule has 6 heteroatoms. The zero-order valence-electron chi connectivity index (χ0n) is 14.0. The fraction of sp³-hybridized carbons (Fsp3) is 0.667. The van der Waals surface area contributed by atoms with Crippen molar-refractivity contribution in [1.82, 2.24) is 9.88 Å². The largest absolute Gasteiger partial charge is 0.391 e. The van der Waals surface area contributed by atoms with Crippen LogP contribution in [0.5, 0.6) is 0 Å². The first kappa shape index (κ1) is 15.8. The van der Waals surface area contributed by atoms with Crippen LogP contribution in [0.15, 0.2) is 18.3 Å². The molecule has 3 N–H and O–H groups in total. The third-order valence-electron chi connectivity index (χ3n) is 6.08. The van der Waals surface area contributed by atoms with Gasteiger partial charge in [0.15, 0.2) is 0 Å². The Morgan fingerprint density at radius 3 is 2.50 bits per heavy atom. The van der Waals surface area contributed by atoms with Crippen LogP contribution in [0.25, 0.3) is 0 Å². The van der Waals surface area contributed by atoms with Crippen LogP contribution < -0.4 is 10.6 Å². The summed E-state index contributed by atoms with van der Waals surface area (Å²) < 4.78 is 0. The summed E-state index contributed by atoms with van der Waals surface area (Å²) in [5.74, 6) is 1.62. The maximum absolute atomic E-state index is 11.2.